The number of aryl methyl sites for hydroxylation is 1. The van der Waals surface area contributed by atoms with Gasteiger partial charge in [0, 0.05) is 10.2 Å². The molecule has 4 heteroatoms. The molecule has 0 aliphatic heterocycles. The third-order valence-corrected chi connectivity index (χ3v) is 4.87. The minimum Gasteiger partial charge on any atom is -0.325 e. The van der Waals surface area contributed by atoms with Gasteiger partial charge >= 0.3 is 0 Å². The third kappa shape index (κ3) is 2.72. The van der Waals surface area contributed by atoms with E-state index in [9.17, 15) is 9.18 Å². The number of rotatable bonds is 3. The van der Waals surface area contributed by atoms with Crippen molar-refractivity contribution < 1.29 is 9.18 Å². The highest BCUT2D eigenvalue weighted by molar-refractivity contribution is 9.10. The lowest BCUT2D eigenvalue weighted by molar-refractivity contribution is -0.118. The van der Waals surface area contributed by atoms with Crippen molar-refractivity contribution in [3.05, 3.63) is 63.9 Å². The van der Waals surface area contributed by atoms with Crippen LogP contribution in [0.4, 0.5) is 10.1 Å². The number of benzene rings is 2. The quantitative estimate of drug-likeness (QED) is 0.865. The Morgan fingerprint density at radius 2 is 1.86 bits per heavy atom. The number of carbonyl (C=O) groups excluding carboxylic acids is 1. The van der Waals surface area contributed by atoms with Crippen molar-refractivity contribution in [1.82, 2.24) is 0 Å². The molecular weight excluding hydrogens is 333 g/mol. The highest BCUT2D eigenvalue weighted by Crippen LogP contribution is 2.49. The molecule has 0 atom stereocenters. The van der Waals surface area contributed by atoms with Crippen LogP contribution in [0.5, 0.6) is 0 Å². The fraction of sp³-hybridized carbons (Fsp3) is 0.235. The van der Waals surface area contributed by atoms with Gasteiger partial charge in [-0.25, -0.2) is 4.39 Å². The normalized spacial score (nSPS) is 15.6. The first-order valence-electron chi connectivity index (χ1n) is 6.85. The van der Waals surface area contributed by atoms with Gasteiger partial charge in [0.25, 0.3) is 0 Å². The molecule has 2 aromatic rings. The third-order valence-electron chi connectivity index (χ3n) is 4.01. The Morgan fingerprint density at radius 1 is 1.19 bits per heavy atom. The zero-order valence-corrected chi connectivity index (χ0v) is 13.2. The average molecular weight is 348 g/mol. The van der Waals surface area contributed by atoms with Gasteiger partial charge in [-0.1, -0.05) is 34.1 Å². The van der Waals surface area contributed by atoms with Gasteiger partial charge in [0.2, 0.25) is 5.91 Å². The Kier molecular flexibility index (Phi) is 3.57. The molecule has 0 saturated heterocycles. The molecule has 1 amide bonds. The van der Waals surface area contributed by atoms with Crippen LogP contribution in [0.2, 0.25) is 0 Å². The Labute approximate surface area is 131 Å². The van der Waals surface area contributed by atoms with Crippen LogP contribution in [0.25, 0.3) is 0 Å². The summed E-state index contributed by atoms with van der Waals surface area (Å²) in [5, 5.41) is 2.96. The predicted molar refractivity (Wildman–Crippen MR) is 84.8 cm³/mol. The maximum atomic E-state index is 13.0. The van der Waals surface area contributed by atoms with Crippen molar-refractivity contribution in [2.75, 3.05) is 5.32 Å². The number of hydrogen-bond acceptors (Lipinski definition) is 1. The molecule has 0 radical (unpaired) electrons. The maximum absolute atomic E-state index is 13.0. The molecule has 1 saturated carbocycles. The highest BCUT2D eigenvalue weighted by atomic mass is 79.9. The van der Waals surface area contributed by atoms with E-state index in [2.05, 4.69) is 21.2 Å². The first-order chi connectivity index (χ1) is 10.0. The average Bonchev–Trinajstić information content (AvgIpc) is 3.25. The second kappa shape index (κ2) is 5.26. The Bertz CT molecular complexity index is 692. The SMILES string of the molecule is Cc1ccc(NC(=O)C2(c3ccc(F)cc3)CC2)cc1Br. The topological polar surface area (TPSA) is 29.1 Å². The molecule has 1 N–H and O–H groups in total. The van der Waals surface area contributed by atoms with Crippen LogP contribution in [-0.2, 0) is 10.2 Å². The number of anilines is 1. The van der Waals surface area contributed by atoms with E-state index >= 15 is 0 Å². The molecule has 3 rings (SSSR count). The van der Waals surface area contributed by atoms with Gasteiger partial charge in [0.1, 0.15) is 5.82 Å². The number of carbonyl (C=O) groups is 1. The summed E-state index contributed by atoms with van der Waals surface area (Å²) in [5.41, 5.74) is 2.27. The summed E-state index contributed by atoms with van der Waals surface area (Å²) >= 11 is 3.46. The monoisotopic (exact) mass is 347 g/mol. The fourth-order valence-corrected chi connectivity index (χ4v) is 2.84. The standard InChI is InChI=1S/C17H15BrFNO/c1-11-2-7-14(10-15(11)18)20-16(21)17(8-9-17)12-3-5-13(19)6-4-12/h2-7,10H,8-9H2,1H3,(H,20,21). The molecule has 0 bridgehead atoms. The van der Waals surface area contributed by atoms with Crippen molar-refractivity contribution in [1.29, 1.82) is 0 Å². The molecule has 0 aromatic heterocycles. The summed E-state index contributed by atoms with van der Waals surface area (Å²) in [6.45, 7) is 2.00. The van der Waals surface area contributed by atoms with Crippen LogP contribution in [-0.4, -0.2) is 5.91 Å². The summed E-state index contributed by atoms with van der Waals surface area (Å²) in [6.07, 6.45) is 1.61. The second-order valence-corrected chi connectivity index (χ2v) is 6.36. The number of halogens is 2. The molecule has 108 valence electrons. The van der Waals surface area contributed by atoms with Crippen LogP contribution in [0.1, 0.15) is 24.0 Å². The van der Waals surface area contributed by atoms with Crippen LogP contribution in [0.15, 0.2) is 46.9 Å². The van der Waals surface area contributed by atoms with E-state index in [1.165, 1.54) is 12.1 Å². The van der Waals surface area contributed by atoms with Gasteiger partial charge in [0.05, 0.1) is 5.41 Å². The number of nitrogens with one attached hydrogen (secondary N) is 1. The molecular formula is C17H15BrFNO. The fourth-order valence-electron chi connectivity index (χ4n) is 2.46. The van der Waals surface area contributed by atoms with Gasteiger partial charge in [-0.15, -0.1) is 0 Å². The Morgan fingerprint density at radius 3 is 2.43 bits per heavy atom. The van der Waals surface area contributed by atoms with E-state index in [0.29, 0.717) is 0 Å². The molecule has 1 fully saturated rings. The Balaban J connectivity index is 1.81. The van der Waals surface area contributed by atoms with Crippen molar-refractivity contribution in [3.63, 3.8) is 0 Å². The second-order valence-electron chi connectivity index (χ2n) is 5.51. The summed E-state index contributed by atoms with van der Waals surface area (Å²) in [4.78, 5) is 12.6. The van der Waals surface area contributed by atoms with Crippen LogP contribution < -0.4 is 5.32 Å². The van der Waals surface area contributed by atoms with Gasteiger partial charge in [-0.3, -0.25) is 4.79 Å². The van der Waals surface area contributed by atoms with Crippen LogP contribution in [0, 0.1) is 12.7 Å². The summed E-state index contributed by atoms with van der Waals surface area (Å²) in [6, 6.07) is 12.0. The lowest BCUT2D eigenvalue weighted by Gasteiger charge is -2.16. The van der Waals surface area contributed by atoms with Crippen molar-refractivity contribution in [2.24, 2.45) is 0 Å². The van der Waals surface area contributed by atoms with E-state index in [4.69, 9.17) is 0 Å². The highest BCUT2D eigenvalue weighted by Gasteiger charge is 2.51. The van der Waals surface area contributed by atoms with Crippen molar-refractivity contribution in [3.8, 4) is 0 Å². The van der Waals surface area contributed by atoms with E-state index in [-0.39, 0.29) is 11.7 Å². The molecule has 0 heterocycles. The minimum atomic E-state index is -0.495. The predicted octanol–water partition coefficient (Wildman–Crippen LogP) is 4.57. The molecule has 0 spiro atoms. The molecule has 0 unspecified atom stereocenters. The number of amides is 1. The minimum absolute atomic E-state index is 0.0233. The molecule has 2 aromatic carbocycles. The van der Waals surface area contributed by atoms with E-state index < -0.39 is 5.41 Å². The summed E-state index contributed by atoms with van der Waals surface area (Å²) in [7, 11) is 0. The lowest BCUT2D eigenvalue weighted by Crippen LogP contribution is -2.27. The smallest absolute Gasteiger partial charge is 0.235 e. The molecule has 1 aliphatic rings. The van der Waals surface area contributed by atoms with Gasteiger partial charge < -0.3 is 5.32 Å². The van der Waals surface area contributed by atoms with E-state index in [0.717, 1.165) is 34.1 Å². The van der Waals surface area contributed by atoms with Crippen LogP contribution in [0.3, 0.4) is 0 Å². The summed E-state index contributed by atoms with van der Waals surface area (Å²) < 4.78 is 14.0. The Hall–Kier alpha value is -1.68. The molecule has 1 aliphatic carbocycles. The van der Waals surface area contributed by atoms with Gasteiger partial charge in [-0.2, -0.15) is 0 Å². The lowest BCUT2D eigenvalue weighted by atomic mass is 9.95. The number of hydrogen-bond donors (Lipinski definition) is 1. The van der Waals surface area contributed by atoms with Crippen molar-refractivity contribution >= 4 is 27.5 Å². The summed E-state index contributed by atoms with van der Waals surface area (Å²) in [5.74, 6) is -0.303. The largest absolute Gasteiger partial charge is 0.325 e. The first kappa shape index (κ1) is 14.3. The molecule has 2 nitrogen and oxygen atoms in total. The first-order valence-corrected chi connectivity index (χ1v) is 7.64. The van der Waals surface area contributed by atoms with Crippen LogP contribution >= 0.6 is 15.9 Å². The van der Waals surface area contributed by atoms with Crippen molar-refractivity contribution in [2.45, 2.75) is 25.2 Å². The van der Waals surface area contributed by atoms with Gasteiger partial charge in [0.15, 0.2) is 0 Å². The maximum Gasteiger partial charge on any atom is 0.235 e. The van der Waals surface area contributed by atoms with E-state index in [1.54, 1.807) is 12.1 Å². The van der Waals surface area contributed by atoms with E-state index in [1.807, 2.05) is 25.1 Å². The zero-order chi connectivity index (χ0) is 15.0. The molecule has 21 heavy (non-hydrogen) atoms. The van der Waals surface area contributed by atoms with Gasteiger partial charge in [-0.05, 0) is 55.2 Å². The zero-order valence-electron chi connectivity index (χ0n) is 11.6.